The van der Waals surface area contributed by atoms with Gasteiger partial charge < -0.3 is 19.9 Å². The third kappa shape index (κ3) is 4.16. The summed E-state index contributed by atoms with van der Waals surface area (Å²) in [4.78, 5) is 32.9. The largest absolute Gasteiger partial charge is 0.467 e. The smallest absolute Gasteiger partial charge is 0.325 e. The van der Waals surface area contributed by atoms with Crippen molar-refractivity contribution in [3.63, 3.8) is 0 Å². The van der Waals surface area contributed by atoms with Crippen LogP contribution in [0.5, 0.6) is 5.75 Å². The van der Waals surface area contributed by atoms with Gasteiger partial charge in [0.25, 0.3) is 5.91 Å². The van der Waals surface area contributed by atoms with Gasteiger partial charge in [-0.1, -0.05) is 35.9 Å². The summed E-state index contributed by atoms with van der Waals surface area (Å²) in [5.41, 5.74) is 4.93. The fourth-order valence-electron chi connectivity index (χ4n) is 6.18. The molecule has 7 nitrogen and oxygen atoms in total. The number of fused-ring (bicyclic) bond motifs is 4. The van der Waals surface area contributed by atoms with Gasteiger partial charge in [0, 0.05) is 48.9 Å². The van der Waals surface area contributed by atoms with Crippen LogP contribution in [-0.2, 0) is 0 Å². The van der Waals surface area contributed by atoms with E-state index in [9.17, 15) is 9.59 Å². The molecule has 3 aromatic rings. The van der Waals surface area contributed by atoms with Crippen molar-refractivity contribution in [2.24, 2.45) is 0 Å². The molecule has 1 N–H and O–H groups in total. The molecule has 7 heteroatoms. The van der Waals surface area contributed by atoms with Crippen molar-refractivity contribution in [2.45, 2.75) is 51.9 Å². The number of nitrogens with zero attached hydrogens (tertiary/aromatic N) is 3. The molecule has 3 amide bonds. The number of hydrogen-bond donors (Lipinski definition) is 1. The van der Waals surface area contributed by atoms with Crippen LogP contribution in [0.15, 0.2) is 66.7 Å². The molecule has 0 spiro atoms. The van der Waals surface area contributed by atoms with Crippen LogP contribution in [0.3, 0.4) is 0 Å². The predicted octanol–water partition coefficient (Wildman–Crippen LogP) is 5.42. The zero-order valence-electron chi connectivity index (χ0n) is 22.4. The highest BCUT2D eigenvalue weighted by Gasteiger charge is 2.50. The van der Waals surface area contributed by atoms with Crippen molar-refractivity contribution in [3.05, 3.63) is 89.0 Å². The summed E-state index contributed by atoms with van der Waals surface area (Å²) in [6.07, 6.45) is 0.617. The molecule has 0 saturated carbocycles. The molecule has 0 unspecified atom stereocenters. The number of aryl methyl sites for hydroxylation is 2. The number of piperazine rings is 1. The summed E-state index contributed by atoms with van der Waals surface area (Å²) >= 11 is 0. The zero-order chi connectivity index (χ0) is 26.6. The van der Waals surface area contributed by atoms with Crippen LogP contribution in [0, 0.1) is 13.8 Å². The van der Waals surface area contributed by atoms with Gasteiger partial charge in [0.15, 0.2) is 5.72 Å². The average Bonchev–Trinajstić information content (AvgIpc) is 2.88. The Morgan fingerprint density at radius 3 is 2.53 bits per heavy atom. The Labute approximate surface area is 224 Å². The van der Waals surface area contributed by atoms with Gasteiger partial charge in [-0.15, -0.1) is 0 Å². The van der Waals surface area contributed by atoms with Crippen molar-refractivity contribution < 1.29 is 14.3 Å². The Morgan fingerprint density at radius 2 is 1.74 bits per heavy atom. The lowest BCUT2D eigenvalue weighted by Gasteiger charge is -2.50. The molecule has 3 atom stereocenters. The minimum Gasteiger partial charge on any atom is -0.467 e. The number of nitrogens with one attached hydrogen (secondary N) is 1. The first-order valence-electron chi connectivity index (χ1n) is 13.3. The van der Waals surface area contributed by atoms with E-state index in [0.717, 1.165) is 23.4 Å². The minimum atomic E-state index is -0.856. The number of carbonyl (C=O) groups is 2. The van der Waals surface area contributed by atoms with Gasteiger partial charge >= 0.3 is 6.03 Å². The van der Waals surface area contributed by atoms with Crippen LogP contribution >= 0.6 is 0 Å². The lowest BCUT2D eigenvalue weighted by atomic mass is 9.89. The molecule has 0 aromatic heterocycles. The number of carbonyl (C=O) groups excluding carboxylic acids is 2. The minimum absolute atomic E-state index is 0.0200. The summed E-state index contributed by atoms with van der Waals surface area (Å²) in [5.74, 6) is 0.764. The zero-order valence-corrected chi connectivity index (χ0v) is 22.4. The highest BCUT2D eigenvalue weighted by Crippen LogP contribution is 2.45. The molecule has 196 valence electrons. The Morgan fingerprint density at radius 1 is 0.974 bits per heavy atom. The van der Waals surface area contributed by atoms with Crippen molar-refractivity contribution >= 4 is 23.3 Å². The van der Waals surface area contributed by atoms with Crippen LogP contribution in [-0.4, -0.2) is 48.2 Å². The number of benzene rings is 3. The summed E-state index contributed by atoms with van der Waals surface area (Å²) in [6, 6.07) is 21.8. The first-order chi connectivity index (χ1) is 18.2. The molecule has 3 aliphatic rings. The molecule has 38 heavy (non-hydrogen) atoms. The van der Waals surface area contributed by atoms with Crippen molar-refractivity contribution in [3.8, 4) is 5.75 Å². The second kappa shape index (κ2) is 9.08. The fourth-order valence-corrected chi connectivity index (χ4v) is 6.18. The van der Waals surface area contributed by atoms with Gasteiger partial charge in [-0.3, -0.25) is 9.69 Å². The van der Waals surface area contributed by atoms with Crippen LogP contribution in [0.4, 0.5) is 16.2 Å². The summed E-state index contributed by atoms with van der Waals surface area (Å²) < 4.78 is 6.44. The van der Waals surface area contributed by atoms with E-state index in [1.54, 1.807) is 4.90 Å². The highest BCUT2D eigenvalue weighted by molar-refractivity contribution is 5.99. The first-order valence-corrected chi connectivity index (χ1v) is 13.3. The molecule has 3 aromatic carbocycles. The van der Waals surface area contributed by atoms with E-state index >= 15 is 0 Å². The average molecular weight is 511 g/mol. The van der Waals surface area contributed by atoms with Crippen molar-refractivity contribution in [1.29, 1.82) is 0 Å². The maximum Gasteiger partial charge on any atom is 0.325 e. The molecule has 0 aliphatic carbocycles. The Kier molecular flexibility index (Phi) is 5.82. The molecule has 3 heterocycles. The number of ether oxygens (including phenoxy) is 1. The third-order valence-electron chi connectivity index (χ3n) is 8.03. The van der Waals surface area contributed by atoms with Gasteiger partial charge in [-0.25, -0.2) is 4.79 Å². The van der Waals surface area contributed by atoms with Crippen molar-refractivity contribution in [2.75, 3.05) is 29.4 Å². The molecular formula is C31H34N4O3. The maximum atomic E-state index is 13.6. The number of urea groups is 1. The lowest BCUT2D eigenvalue weighted by molar-refractivity contribution is 0.0377. The van der Waals surface area contributed by atoms with E-state index in [0.29, 0.717) is 30.8 Å². The summed E-state index contributed by atoms with van der Waals surface area (Å²) in [7, 11) is 0. The quantitative estimate of drug-likeness (QED) is 0.511. The SMILES string of the molecule is Cc1cccc(N2CCN(C(=O)c3cccc(N4C(=O)N[C@H]5C[C@@]4(C)Oc4ccc(C)cc45)c3)C[C@@H]2C)c1. The van der Waals surface area contributed by atoms with E-state index in [1.165, 1.54) is 11.3 Å². The van der Waals surface area contributed by atoms with Gasteiger partial charge in [-0.2, -0.15) is 0 Å². The Bertz CT molecular complexity index is 1420. The Balaban J connectivity index is 1.23. The number of amides is 3. The van der Waals surface area contributed by atoms with Gasteiger partial charge in [0.05, 0.1) is 11.7 Å². The molecule has 2 fully saturated rings. The maximum absolute atomic E-state index is 13.6. The first kappa shape index (κ1) is 24.3. The van der Waals surface area contributed by atoms with Gasteiger partial charge in [0.1, 0.15) is 5.75 Å². The molecule has 2 bridgehead atoms. The van der Waals surface area contributed by atoms with Crippen LogP contribution in [0.1, 0.15) is 53.4 Å². The Hall–Kier alpha value is -4.00. The second-order valence-electron chi connectivity index (χ2n) is 11.0. The van der Waals surface area contributed by atoms with Crippen LogP contribution in [0.2, 0.25) is 0 Å². The topological polar surface area (TPSA) is 65.1 Å². The van der Waals surface area contributed by atoms with Gasteiger partial charge in [0.2, 0.25) is 0 Å². The van der Waals surface area contributed by atoms with Crippen LogP contribution in [0.25, 0.3) is 0 Å². The monoisotopic (exact) mass is 510 g/mol. The van der Waals surface area contributed by atoms with E-state index in [-0.39, 0.29) is 24.0 Å². The van der Waals surface area contributed by atoms with E-state index in [1.807, 2.05) is 55.1 Å². The van der Waals surface area contributed by atoms with Gasteiger partial charge in [-0.05, 0) is 69.7 Å². The second-order valence-corrected chi connectivity index (χ2v) is 11.0. The summed E-state index contributed by atoms with van der Waals surface area (Å²) in [5, 5.41) is 3.15. The molecular weight excluding hydrogens is 476 g/mol. The van der Waals surface area contributed by atoms with Crippen molar-refractivity contribution in [1.82, 2.24) is 10.2 Å². The van der Waals surface area contributed by atoms with E-state index < -0.39 is 5.72 Å². The normalized spacial score (nSPS) is 24.4. The predicted molar refractivity (Wildman–Crippen MR) is 149 cm³/mol. The number of hydrogen-bond acceptors (Lipinski definition) is 4. The molecule has 0 radical (unpaired) electrons. The highest BCUT2D eigenvalue weighted by atomic mass is 16.5. The fraction of sp³-hybridized carbons (Fsp3) is 0.355. The lowest BCUT2D eigenvalue weighted by Crippen LogP contribution is -2.65. The number of rotatable bonds is 3. The molecule has 3 aliphatic heterocycles. The molecule has 6 rings (SSSR count). The van der Waals surface area contributed by atoms with E-state index in [2.05, 4.69) is 54.4 Å². The van der Waals surface area contributed by atoms with Crippen LogP contribution < -0.4 is 19.9 Å². The number of anilines is 2. The molecule has 2 saturated heterocycles. The third-order valence-corrected chi connectivity index (χ3v) is 8.03. The van der Waals surface area contributed by atoms with E-state index in [4.69, 9.17) is 4.74 Å². The standard InChI is InChI=1S/C31H34N4O3/c1-20-7-5-9-24(15-20)34-14-13-33(19-22(34)3)29(36)23-8-6-10-25(17-23)35-30(37)32-27-18-31(35,4)38-28-12-11-21(2)16-26(27)28/h5-12,15-17,22,27H,13-14,18-19H2,1-4H3,(H,32,37)/t22-,27-,31+/m0/s1. The summed E-state index contributed by atoms with van der Waals surface area (Å²) in [6.45, 7) is 10.3.